The van der Waals surface area contributed by atoms with Gasteiger partial charge in [-0.15, -0.1) is 11.6 Å². The van der Waals surface area contributed by atoms with Crippen molar-refractivity contribution in [2.45, 2.75) is 58.3 Å². The topological polar surface area (TPSA) is 29.1 Å². The van der Waals surface area contributed by atoms with E-state index in [2.05, 4.69) is 26.1 Å². The first kappa shape index (κ1) is 13.8. The standard InChI is InChI=1S/C13H24ClNO/c1-10(2)8-11(14)9-15-12(16)13(3)6-4-5-7-13/h10-11H,4-9H2,1-3H3,(H,15,16). The summed E-state index contributed by atoms with van der Waals surface area (Å²) in [6.45, 7) is 6.97. The van der Waals surface area contributed by atoms with E-state index in [0.29, 0.717) is 12.5 Å². The van der Waals surface area contributed by atoms with E-state index < -0.39 is 0 Å². The first-order valence-corrected chi connectivity index (χ1v) is 6.80. The molecule has 0 aromatic heterocycles. The second kappa shape index (κ2) is 5.90. The van der Waals surface area contributed by atoms with Crippen molar-refractivity contribution in [2.75, 3.05) is 6.54 Å². The van der Waals surface area contributed by atoms with Crippen molar-refractivity contribution in [3.8, 4) is 0 Å². The summed E-state index contributed by atoms with van der Waals surface area (Å²) in [5.41, 5.74) is -0.131. The lowest BCUT2D eigenvalue weighted by Crippen LogP contribution is -2.40. The van der Waals surface area contributed by atoms with Gasteiger partial charge in [-0.05, 0) is 25.2 Å². The average molecular weight is 246 g/mol. The molecule has 1 saturated carbocycles. The molecule has 0 aliphatic heterocycles. The molecule has 1 aliphatic carbocycles. The quantitative estimate of drug-likeness (QED) is 0.740. The van der Waals surface area contributed by atoms with Gasteiger partial charge < -0.3 is 5.32 Å². The highest BCUT2D eigenvalue weighted by molar-refractivity contribution is 6.20. The van der Waals surface area contributed by atoms with Gasteiger partial charge in [0.25, 0.3) is 0 Å². The Bertz CT molecular complexity index is 234. The van der Waals surface area contributed by atoms with Crippen LogP contribution in [0.1, 0.15) is 52.9 Å². The van der Waals surface area contributed by atoms with Crippen LogP contribution in [0, 0.1) is 11.3 Å². The van der Waals surface area contributed by atoms with Gasteiger partial charge in [0.2, 0.25) is 5.91 Å². The molecule has 0 spiro atoms. The summed E-state index contributed by atoms with van der Waals surface area (Å²) in [6, 6.07) is 0. The lowest BCUT2D eigenvalue weighted by atomic mass is 9.88. The van der Waals surface area contributed by atoms with Gasteiger partial charge in [0, 0.05) is 12.0 Å². The van der Waals surface area contributed by atoms with Gasteiger partial charge in [-0.25, -0.2) is 0 Å². The minimum absolute atomic E-state index is 0.0638. The molecule has 3 heteroatoms. The molecule has 1 aliphatic rings. The Morgan fingerprint density at radius 1 is 1.38 bits per heavy atom. The Hall–Kier alpha value is -0.240. The fourth-order valence-electron chi connectivity index (χ4n) is 2.39. The fourth-order valence-corrected chi connectivity index (χ4v) is 2.83. The number of hydrogen-bond donors (Lipinski definition) is 1. The molecule has 16 heavy (non-hydrogen) atoms. The molecule has 2 nitrogen and oxygen atoms in total. The Kier molecular flexibility index (Phi) is 5.10. The first-order valence-electron chi connectivity index (χ1n) is 6.36. The number of rotatable bonds is 5. The molecule has 0 aromatic rings. The summed E-state index contributed by atoms with van der Waals surface area (Å²) in [7, 11) is 0. The van der Waals surface area contributed by atoms with Crippen LogP contribution in [0.5, 0.6) is 0 Å². The number of carbonyl (C=O) groups excluding carboxylic acids is 1. The SMILES string of the molecule is CC(C)CC(Cl)CNC(=O)C1(C)CCCC1. The van der Waals surface area contributed by atoms with Gasteiger partial charge in [-0.1, -0.05) is 33.6 Å². The number of amides is 1. The normalized spacial score (nSPS) is 21.1. The van der Waals surface area contributed by atoms with Crippen LogP contribution >= 0.6 is 11.6 Å². The highest BCUT2D eigenvalue weighted by Gasteiger charge is 2.36. The van der Waals surface area contributed by atoms with Crippen LogP contribution in [-0.2, 0) is 4.79 Å². The molecule has 0 radical (unpaired) electrons. The predicted molar refractivity (Wildman–Crippen MR) is 68.7 cm³/mol. The van der Waals surface area contributed by atoms with E-state index in [4.69, 9.17) is 11.6 Å². The van der Waals surface area contributed by atoms with Crippen LogP contribution in [0.15, 0.2) is 0 Å². The first-order chi connectivity index (χ1) is 7.44. The van der Waals surface area contributed by atoms with Gasteiger partial charge in [0.15, 0.2) is 0 Å². The van der Waals surface area contributed by atoms with Gasteiger partial charge in [-0.2, -0.15) is 0 Å². The maximum Gasteiger partial charge on any atom is 0.225 e. The third-order valence-electron chi connectivity index (χ3n) is 3.47. The molecule has 0 heterocycles. The Morgan fingerprint density at radius 3 is 2.44 bits per heavy atom. The summed E-state index contributed by atoms with van der Waals surface area (Å²) in [5, 5.41) is 3.06. The average Bonchev–Trinajstić information content (AvgIpc) is 2.62. The van der Waals surface area contributed by atoms with Crippen molar-refractivity contribution >= 4 is 17.5 Å². The zero-order chi connectivity index (χ0) is 12.2. The third kappa shape index (κ3) is 3.97. The summed E-state index contributed by atoms with van der Waals surface area (Å²) < 4.78 is 0. The summed E-state index contributed by atoms with van der Waals surface area (Å²) in [5.74, 6) is 0.779. The van der Waals surface area contributed by atoms with Crippen LogP contribution in [0.25, 0.3) is 0 Å². The van der Waals surface area contributed by atoms with E-state index in [1.807, 2.05) is 0 Å². The van der Waals surface area contributed by atoms with Crippen molar-refractivity contribution < 1.29 is 4.79 Å². The van der Waals surface area contributed by atoms with Crippen molar-refractivity contribution in [3.63, 3.8) is 0 Å². The zero-order valence-electron chi connectivity index (χ0n) is 10.7. The van der Waals surface area contributed by atoms with Gasteiger partial charge in [0.05, 0.1) is 5.38 Å². The van der Waals surface area contributed by atoms with E-state index in [1.165, 1.54) is 12.8 Å². The zero-order valence-corrected chi connectivity index (χ0v) is 11.4. The van der Waals surface area contributed by atoms with Crippen molar-refractivity contribution in [2.24, 2.45) is 11.3 Å². The molecular weight excluding hydrogens is 222 g/mol. The summed E-state index contributed by atoms with van der Waals surface area (Å²) >= 11 is 6.16. The fraction of sp³-hybridized carbons (Fsp3) is 0.923. The maximum absolute atomic E-state index is 12.0. The monoisotopic (exact) mass is 245 g/mol. The van der Waals surface area contributed by atoms with Crippen LogP contribution in [0.4, 0.5) is 0 Å². The van der Waals surface area contributed by atoms with Crippen LogP contribution in [-0.4, -0.2) is 17.8 Å². The number of halogens is 1. The number of nitrogens with one attached hydrogen (secondary N) is 1. The third-order valence-corrected chi connectivity index (χ3v) is 3.80. The van der Waals surface area contributed by atoms with E-state index in [1.54, 1.807) is 0 Å². The highest BCUT2D eigenvalue weighted by atomic mass is 35.5. The van der Waals surface area contributed by atoms with Crippen molar-refractivity contribution in [3.05, 3.63) is 0 Å². The van der Waals surface area contributed by atoms with Crippen LogP contribution in [0.2, 0.25) is 0 Å². The summed E-state index contributed by atoms with van der Waals surface area (Å²) in [6.07, 6.45) is 5.37. The maximum atomic E-state index is 12.0. The second-order valence-corrected chi connectivity index (χ2v) is 6.32. The number of alkyl halides is 1. The van der Waals surface area contributed by atoms with Crippen molar-refractivity contribution in [1.29, 1.82) is 0 Å². The highest BCUT2D eigenvalue weighted by Crippen LogP contribution is 2.37. The minimum Gasteiger partial charge on any atom is -0.354 e. The molecule has 0 aromatic carbocycles. The predicted octanol–water partition coefficient (Wildman–Crippen LogP) is 3.34. The Morgan fingerprint density at radius 2 is 1.94 bits per heavy atom. The van der Waals surface area contributed by atoms with E-state index in [9.17, 15) is 4.79 Å². The number of carbonyl (C=O) groups is 1. The van der Waals surface area contributed by atoms with E-state index in [-0.39, 0.29) is 16.7 Å². The van der Waals surface area contributed by atoms with Crippen molar-refractivity contribution in [1.82, 2.24) is 5.32 Å². The largest absolute Gasteiger partial charge is 0.354 e. The minimum atomic E-state index is -0.131. The molecule has 1 rings (SSSR count). The molecule has 1 amide bonds. The van der Waals surface area contributed by atoms with Gasteiger partial charge in [0.1, 0.15) is 0 Å². The Balaban J connectivity index is 2.29. The molecule has 1 N–H and O–H groups in total. The number of hydrogen-bond acceptors (Lipinski definition) is 1. The lowest BCUT2D eigenvalue weighted by Gasteiger charge is -2.23. The summed E-state index contributed by atoms with van der Waals surface area (Å²) in [4.78, 5) is 12.0. The lowest BCUT2D eigenvalue weighted by molar-refractivity contribution is -0.129. The van der Waals surface area contributed by atoms with Gasteiger partial charge >= 0.3 is 0 Å². The van der Waals surface area contributed by atoms with Gasteiger partial charge in [-0.3, -0.25) is 4.79 Å². The molecule has 94 valence electrons. The van der Waals surface area contributed by atoms with E-state index in [0.717, 1.165) is 19.3 Å². The van der Waals surface area contributed by atoms with E-state index >= 15 is 0 Å². The Labute approximate surface area is 104 Å². The molecule has 0 saturated heterocycles. The van der Waals surface area contributed by atoms with Crippen LogP contribution < -0.4 is 5.32 Å². The molecule has 1 atom stereocenters. The van der Waals surface area contributed by atoms with Crippen LogP contribution in [0.3, 0.4) is 0 Å². The molecule has 1 unspecified atom stereocenters. The molecular formula is C13H24ClNO. The second-order valence-electron chi connectivity index (χ2n) is 5.70. The molecule has 0 bridgehead atoms. The molecule has 1 fully saturated rings. The smallest absolute Gasteiger partial charge is 0.225 e.